The van der Waals surface area contributed by atoms with Gasteiger partial charge in [0.1, 0.15) is 5.75 Å². The van der Waals surface area contributed by atoms with Gasteiger partial charge in [0, 0.05) is 29.3 Å². The highest BCUT2D eigenvalue weighted by molar-refractivity contribution is 6.04. The third kappa shape index (κ3) is 3.31. The number of carbonyl (C=O) groups excluding carboxylic acids is 1. The van der Waals surface area contributed by atoms with Gasteiger partial charge in [-0.25, -0.2) is 0 Å². The molecule has 3 nitrogen and oxygen atoms in total. The normalized spacial score (nSPS) is 19.4. The summed E-state index contributed by atoms with van der Waals surface area (Å²) in [7, 11) is 0. The highest BCUT2D eigenvalue weighted by atomic mass is 16.5. The van der Waals surface area contributed by atoms with Crippen LogP contribution < -0.4 is 10.1 Å². The van der Waals surface area contributed by atoms with Gasteiger partial charge in [0.15, 0.2) is 5.78 Å². The van der Waals surface area contributed by atoms with Crippen molar-refractivity contribution in [1.29, 1.82) is 0 Å². The summed E-state index contributed by atoms with van der Waals surface area (Å²) >= 11 is 0. The topological polar surface area (TPSA) is 38.3 Å². The lowest BCUT2D eigenvalue weighted by Crippen LogP contribution is -2.34. The number of benzene rings is 3. The van der Waals surface area contributed by atoms with Crippen LogP contribution in [-0.4, -0.2) is 12.4 Å². The lowest BCUT2D eigenvalue weighted by molar-refractivity contribution is -0.118. The molecule has 0 saturated carbocycles. The fraction of sp³-hybridized carbons (Fsp3) is 0.345. The molecule has 1 heterocycles. The minimum atomic E-state index is -0.0796. The number of aryl methyl sites for hydroxylation is 2. The molecule has 0 radical (unpaired) electrons. The maximum absolute atomic E-state index is 13.6. The molecule has 3 heteroatoms. The summed E-state index contributed by atoms with van der Waals surface area (Å²) in [5, 5.41) is 6.08. The summed E-state index contributed by atoms with van der Waals surface area (Å²) in [4.78, 5) is 13.6. The summed E-state index contributed by atoms with van der Waals surface area (Å²) in [6.45, 7) is 11.2. The highest BCUT2D eigenvalue weighted by Gasteiger charge is 2.41. The smallest absolute Gasteiger partial charge is 0.162 e. The van der Waals surface area contributed by atoms with Gasteiger partial charge in [-0.05, 0) is 71.7 Å². The fourth-order valence-electron chi connectivity index (χ4n) is 5.66. The van der Waals surface area contributed by atoms with Crippen molar-refractivity contribution in [1.82, 2.24) is 0 Å². The Labute approximate surface area is 190 Å². The van der Waals surface area contributed by atoms with Crippen LogP contribution in [0.4, 0.5) is 5.69 Å². The molecule has 3 aromatic rings. The molecule has 0 aromatic heterocycles. The van der Waals surface area contributed by atoms with Gasteiger partial charge in [0.2, 0.25) is 0 Å². The van der Waals surface area contributed by atoms with E-state index in [9.17, 15) is 4.79 Å². The SMILES string of the molecule is CCOc1c(C)cc(C2C3=C(CC(C)(C)CC3=O)Nc3ccc4ccccc4c32)cc1C. The van der Waals surface area contributed by atoms with E-state index in [1.165, 1.54) is 21.9 Å². The number of fused-ring (bicyclic) bond motifs is 3. The van der Waals surface area contributed by atoms with E-state index in [4.69, 9.17) is 4.74 Å². The molecule has 32 heavy (non-hydrogen) atoms. The number of carbonyl (C=O) groups is 1. The van der Waals surface area contributed by atoms with Crippen molar-refractivity contribution >= 4 is 22.2 Å². The summed E-state index contributed by atoms with van der Waals surface area (Å²) < 4.78 is 5.91. The lowest BCUT2D eigenvalue weighted by atomic mass is 9.68. The van der Waals surface area contributed by atoms with Gasteiger partial charge in [0.25, 0.3) is 0 Å². The Morgan fingerprint density at radius 1 is 1.03 bits per heavy atom. The molecule has 164 valence electrons. The van der Waals surface area contributed by atoms with Crippen LogP contribution in [0, 0.1) is 19.3 Å². The fourth-order valence-corrected chi connectivity index (χ4v) is 5.66. The molecule has 3 aromatic carbocycles. The Morgan fingerprint density at radius 3 is 2.47 bits per heavy atom. The summed E-state index contributed by atoms with van der Waals surface area (Å²) in [6.07, 6.45) is 1.46. The first kappa shape index (κ1) is 20.8. The van der Waals surface area contributed by atoms with Crippen LogP contribution in [0.15, 0.2) is 59.8 Å². The van der Waals surface area contributed by atoms with Crippen LogP contribution in [0.2, 0.25) is 0 Å². The Bertz CT molecular complexity index is 1260. The molecule has 0 saturated heterocycles. The number of hydrogen-bond acceptors (Lipinski definition) is 3. The molecule has 0 bridgehead atoms. The van der Waals surface area contributed by atoms with Crippen LogP contribution >= 0.6 is 0 Å². The lowest BCUT2D eigenvalue weighted by Gasteiger charge is -2.40. The number of rotatable bonds is 3. The summed E-state index contributed by atoms with van der Waals surface area (Å²) in [5.41, 5.74) is 7.72. The van der Waals surface area contributed by atoms with Crippen LogP contribution in [0.3, 0.4) is 0 Å². The Morgan fingerprint density at radius 2 is 1.75 bits per heavy atom. The summed E-state index contributed by atoms with van der Waals surface area (Å²) in [6, 6.07) is 17.3. The zero-order valence-electron chi connectivity index (χ0n) is 19.6. The van der Waals surface area contributed by atoms with Gasteiger partial charge >= 0.3 is 0 Å². The average Bonchev–Trinajstić information content (AvgIpc) is 2.73. The first-order valence-electron chi connectivity index (χ1n) is 11.6. The van der Waals surface area contributed by atoms with Crippen LogP contribution in [0.5, 0.6) is 5.75 Å². The molecule has 1 N–H and O–H groups in total. The van der Waals surface area contributed by atoms with Crippen LogP contribution in [0.1, 0.15) is 61.8 Å². The molecule has 1 unspecified atom stereocenters. The predicted molar refractivity (Wildman–Crippen MR) is 132 cm³/mol. The molecule has 0 amide bonds. The van der Waals surface area contributed by atoms with E-state index >= 15 is 0 Å². The van der Waals surface area contributed by atoms with Crippen molar-refractivity contribution in [3.8, 4) is 5.75 Å². The first-order chi connectivity index (χ1) is 15.3. The second-order valence-electron chi connectivity index (χ2n) is 10.1. The number of ether oxygens (including phenoxy) is 1. The molecular weight excluding hydrogens is 394 g/mol. The molecule has 1 aliphatic carbocycles. The quantitative estimate of drug-likeness (QED) is 0.488. The van der Waals surface area contributed by atoms with E-state index < -0.39 is 0 Å². The van der Waals surface area contributed by atoms with Gasteiger partial charge in [-0.1, -0.05) is 56.3 Å². The molecule has 2 aliphatic rings. The van der Waals surface area contributed by atoms with Gasteiger partial charge in [-0.15, -0.1) is 0 Å². The molecule has 0 fully saturated rings. The van der Waals surface area contributed by atoms with Crippen molar-refractivity contribution in [3.05, 3.63) is 82.1 Å². The van der Waals surface area contributed by atoms with Crippen molar-refractivity contribution in [2.24, 2.45) is 5.41 Å². The second-order valence-corrected chi connectivity index (χ2v) is 10.1. The van der Waals surface area contributed by atoms with Crippen molar-refractivity contribution in [2.45, 2.75) is 53.4 Å². The van der Waals surface area contributed by atoms with Crippen LogP contribution in [-0.2, 0) is 4.79 Å². The van der Waals surface area contributed by atoms with Gasteiger partial charge in [-0.3, -0.25) is 4.79 Å². The van der Waals surface area contributed by atoms with Gasteiger partial charge < -0.3 is 10.1 Å². The largest absolute Gasteiger partial charge is 0.493 e. The van der Waals surface area contributed by atoms with E-state index in [0.717, 1.165) is 40.3 Å². The van der Waals surface area contributed by atoms with E-state index in [-0.39, 0.29) is 17.1 Å². The number of hydrogen-bond donors (Lipinski definition) is 1. The first-order valence-corrected chi connectivity index (χ1v) is 11.6. The van der Waals surface area contributed by atoms with Crippen molar-refractivity contribution < 1.29 is 9.53 Å². The predicted octanol–water partition coefficient (Wildman–Crippen LogP) is 7.06. The minimum absolute atomic E-state index is 0.0352. The second kappa shape index (κ2) is 7.51. The molecule has 1 aliphatic heterocycles. The van der Waals surface area contributed by atoms with Crippen LogP contribution in [0.25, 0.3) is 10.8 Å². The van der Waals surface area contributed by atoms with Crippen molar-refractivity contribution in [2.75, 3.05) is 11.9 Å². The van der Waals surface area contributed by atoms with E-state index in [1.54, 1.807) is 0 Å². The summed E-state index contributed by atoms with van der Waals surface area (Å²) in [5.74, 6) is 1.13. The van der Waals surface area contributed by atoms with E-state index in [2.05, 4.69) is 81.5 Å². The minimum Gasteiger partial charge on any atom is -0.493 e. The molecule has 1 atom stereocenters. The molecular formula is C29H31NO2. The Hall–Kier alpha value is -3.07. The Kier molecular flexibility index (Phi) is 4.88. The maximum Gasteiger partial charge on any atom is 0.162 e. The average molecular weight is 426 g/mol. The highest BCUT2D eigenvalue weighted by Crippen LogP contribution is 2.51. The molecule has 5 rings (SSSR count). The Balaban J connectivity index is 1.80. The zero-order valence-corrected chi connectivity index (χ0v) is 19.6. The van der Waals surface area contributed by atoms with Gasteiger partial charge in [0.05, 0.1) is 6.61 Å². The monoisotopic (exact) mass is 425 g/mol. The third-order valence-electron chi connectivity index (χ3n) is 6.86. The van der Waals surface area contributed by atoms with E-state index in [1.807, 2.05) is 6.92 Å². The van der Waals surface area contributed by atoms with E-state index in [0.29, 0.717) is 13.0 Å². The standard InChI is InChI=1S/C29H31NO2/c1-6-32-28-17(2)13-20(14-18(28)3)25-26-21-10-8-7-9-19(21)11-12-22(26)30-23-15-29(4,5)16-24(31)27(23)25/h7-14,25,30H,6,15-16H2,1-5H3. The zero-order chi connectivity index (χ0) is 22.6. The number of nitrogens with one attached hydrogen (secondary N) is 1. The number of allylic oxidation sites excluding steroid dienone is 2. The number of anilines is 1. The van der Waals surface area contributed by atoms with Crippen molar-refractivity contribution in [3.63, 3.8) is 0 Å². The number of ketones is 1. The maximum atomic E-state index is 13.6. The number of Topliss-reactive ketones (excluding diaryl/α,β-unsaturated/α-hetero) is 1. The molecule has 0 spiro atoms. The third-order valence-corrected chi connectivity index (χ3v) is 6.86. The van der Waals surface area contributed by atoms with Gasteiger partial charge in [-0.2, -0.15) is 0 Å².